The van der Waals surface area contributed by atoms with Crippen molar-refractivity contribution in [2.75, 3.05) is 6.61 Å². The predicted octanol–water partition coefficient (Wildman–Crippen LogP) is 2.55. The molecule has 20 heavy (non-hydrogen) atoms. The van der Waals surface area contributed by atoms with E-state index in [0.717, 1.165) is 11.1 Å². The second-order valence-corrected chi connectivity index (χ2v) is 4.69. The smallest absolute Gasteiger partial charge is 0.412 e. The van der Waals surface area contributed by atoms with Crippen LogP contribution in [0.2, 0.25) is 0 Å². The van der Waals surface area contributed by atoms with Crippen LogP contribution < -0.4 is 0 Å². The lowest BCUT2D eigenvalue weighted by atomic mass is 9.97. The summed E-state index contributed by atoms with van der Waals surface area (Å²) in [7, 11) is 0. The Morgan fingerprint density at radius 3 is 1.90 bits per heavy atom. The van der Waals surface area contributed by atoms with Crippen molar-refractivity contribution in [3.63, 3.8) is 0 Å². The Morgan fingerprint density at radius 1 is 1.00 bits per heavy atom. The fraction of sp³-hybridized carbons (Fsp3) is 0.188. The van der Waals surface area contributed by atoms with Gasteiger partial charge in [0, 0.05) is 0 Å². The monoisotopic (exact) mass is 269 g/mol. The SMILES string of the molecule is O=C1OC[C@H](O)N1C(c1ccccc1)c1ccccc1. The van der Waals surface area contributed by atoms with Crippen molar-refractivity contribution in [1.82, 2.24) is 4.90 Å². The predicted molar refractivity (Wildman–Crippen MR) is 73.9 cm³/mol. The Labute approximate surface area is 117 Å². The van der Waals surface area contributed by atoms with Crippen LogP contribution in [0.1, 0.15) is 17.2 Å². The molecular formula is C16H15NO3. The highest BCUT2D eigenvalue weighted by atomic mass is 16.6. The molecule has 1 atom stereocenters. The first-order valence-electron chi connectivity index (χ1n) is 6.50. The van der Waals surface area contributed by atoms with E-state index in [-0.39, 0.29) is 12.6 Å². The zero-order chi connectivity index (χ0) is 13.9. The minimum Gasteiger partial charge on any atom is -0.445 e. The fourth-order valence-electron chi connectivity index (χ4n) is 2.48. The number of amides is 1. The summed E-state index contributed by atoms with van der Waals surface area (Å²) in [6.45, 7) is 0.00893. The normalized spacial score (nSPS) is 18.4. The van der Waals surface area contributed by atoms with E-state index >= 15 is 0 Å². The second-order valence-electron chi connectivity index (χ2n) is 4.69. The van der Waals surface area contributed by atoms with Gasteiger partial charge in [-0.1, -0.05) is 60.7 Å². The Kier molecular flexibility index (Phi) is 3.39. The highest BCUT2D eigenvalue weighted by Crippen LogP contribution is 2.32. The van der Waals surface area contributed by atoms with Gasteiger partial charge in [0.05, 0.1) is 6.04 Å². The third kappa shape index (κ3) is 2.26. The molecule has 0 bridgehead atoms. The maximum absolute atomic E-state index is 11.9. The van der Waals surface area contributed by atoms with E-state index in [1.165, 1.54) is 4.90 Å². The first-order chi connectivity index (χ1) is 9.77. The van der Waals surface area contributed by atoms with E-state index in [1.54, 1.807) is 0 Å². The zero-order valence-electron chi connectivity index (χ0n) is 10.8. The van der Waals surface area contributed by atoms with Gasteiger partial charge in [0.2, 0.25) is 0 Å². The Bertz CT molecular complexity index is 546. The van der Waals surface area contributed by atoms with Gasteiger partial charge in [-0.15, -0.1) is 0 Å². The van der Waals surface area contributed by atoms with E-state index in [0.29, 0.717) is 0 Å². The number of ether oxygens (including phenoxy) is 1. The molecule has 1 saturated heterocycles. The number of carbonyl (C=O) groups excluding carboxylic acids is 1. The van der Waals surface area contributed by atoms with Gasteiger partial charge in [0.1, 0.15) is 6.61 Å². The molecule has 1 fully saturated rings. The van der Waals surface area contributed by atoms with Gasteiger partial charge >= 0.3 is 6.09 Å². The van der Waals surface area contributed by atoms with Crippen molar-refractivity contribution in [2.45, 2.75) is 12.3 Å². The van der Waals surface area contributed by atoms with Gasteiger partial charge in [0.25, 0.3) is 0 Å². The van der Waals surface area contributed by atoms with E-state index in [4.69, 9.17) is 4.74 Å². The van der Waals surface area contributed by atoms with Gasteiger partial charge in [-0.25, -0.2) is 4.79 Å². The summed E-state index contributed by atoms with van der Waals surface area (Å²) < 4.78 is 4.94. The molecule has 1 heterocycles. The van der Waals surface area contributed by atoms with Gasteiger partial charge < -0.3 is 9.84 Å². The van der Waals surface area contributed by atoms with Crippen molar-refractivity contribution in [2.24, 2.45) is 0 Å². The Balaban J connectivity index is 2.07. The molecule has 2 aromatic rings. The van der Waals surface area contributed by atoms with Crippen LogP contribution in [-0.2, 0) is 4.74 Å². The summed E-state index contributed by atoms with van der Waals surface area (Å²) in [6, 6.07) is 18.9. The molecule has 0 radical (unpaired) electrons. The first kappa shape index (κ1) is 12.7. The van der Waals surface area contributed by atoms with E-state index < -0.39 is 12.3 Å². The topological polar surface area (TPSA) is 49.8 Å². The molecule has 4 nitrogen and oxygen atoms in total. The van der Waals surface area contributed by atoms with Crippen LogP contribution in [0.5, 0.6) is 0 Å². The number of benzene rings is 2. The maximum Gasteiger partial charge on any atom is 0.412 e. The quantitative estimate of drug-likeness (QED) is 0.931. The summed E-state index contributed by atoms with van der Waals surface area (Å²) in [5.74, 6) is 0. The summed E-state index contributed by atoms with van der Waals surface area (Å²) in [5.41, 5.74) is 1.88. The molecular weight excluding hydrogens is 254 g/mol. The minimum absolute atomic E-state index is 0.00893. The zero-order valence-corrected chi connectivity index (χ0v) is 10.8. The second kappa shape index (κ2) is 5.35. The van der Waals surface area contributed by atoms with Crippen molar-refractivity contribution in [3.8, 4) is 0 Å². The van der Waals surface area contributed by atoms with Gasteiger partial charge in [-0.2, -0.15) is 0 Å². The van der Waals surface area contributed by atoms with Crippen LogP contribution >= 0.6 is 0 Å². The molecule has 1 N–H and O–H groups in total. The maximum atomic E-state index is 11.9. The lowest BCUT2D eigenvalue weighted by molar-refractivity contribution is 0.0435. The molecule has 0 unspecified atom stereocenters. The number of rotatable bonds is 3. The third-order valence-corrected chi connectivity index (χ3v) is 3.40. The fourth-order valence-corrected chi connectivity index (χ4v) is 2.48. The summed E-state index contributed by atoms with van der Waals surface area (Å²) in [5, 5.41) is 10.0. The number of carbonyl (C=O) groups is 1. The summed E-state index contributed by atoms with van der Waals surface area (Å²) in [4.78, 5) is 13.3. The largest absolute Gasteiger partial charge is 0.445 e. The summed E-state index contributed by atoms with van der Waals surface area (Å²) in [6.07, 6.45) is -1.41. The number of hydrogen-bond acceptors (Lipinski definition) is 3. The van der Waals surface area contributed by atoms with Crippen LogP contribution in [0.25, 0.3) is 0 Å². The Morgan fingerprint density at radius 2 is 1.50 bits per heavy atom. The molecule has 1 amide bonds. The molecule has 1 aliphatic rings. The number of aliphatic hydroxyl groups excluding tert-OH is 1. The molecule has 4 heteroatoms. The number of aliphatic hydroxyl groups is 1. The first-order valence-corrected chi connectivity index (χ1v) is 6.50. The molecule has 102 valence electrons. The average molecular weight is 269 g/mol. The van der Waals surface area contributed by atoms with Gasteiger partial charge in [-0.05, 0) is 11.1 Å². The van der Waals surface area contributed by atoms with Crippen molar-refractivity contribution in [3.05, 3.63) is 71.8 Å². The lowest BCUT2D eigenvalue weighted by Crippen LogP contribution is -2.37. The van der Waals surface area contributed by atoms with Crippen LogP contribution in [0, 0.1) is 0 Å². The van der Waals surface area contributed by atoms with Gasteiger partial charge in [-0.3, -0.25) is 4.90 Å². The number of hydrogen-bond donors (Lipinski definition) is 1. The molecule has 1 aliphatic heterocycles. The van der Waals surface area contributed by atoms with Crippen LogP contribution in [0.4, 0.5) is 4.79 Å². The lowest BCUT2D eigenvalue weighted by Gasteiger charge is -2.29. The van der Waals surface area contributed by atoms with Crippen LogP contribution in [0.3, 0.4) is 0 Å². The highest BCUT2D eigenvalue weighted by Gasteiger charge is 2.38. The van der Waals surface area contributed by atoms with Crippen molar-refractivity contribution in [1.29, 1.82) is 0 Å². The molecule has 3 rings (SSSR count). The van der Waals surface area contributed by atoms with E-state index in [1.807, 2.05) is 60.7 Å². The highest BCUT2D eigenvalue weighted by molar-refractivity contribution is 5.71. The Hall–Kier alpha value is -2.33. The van der Waals surface area contributed by atoms with Crippen molar-refractivity contribution >= 4 is 6.09 Å². The molecule has 0 aromatic heterocycles. The molecule has 2 aromatic carbocycles. The average Bonchev–Trinajstić information content (AvgIpc) is 2.82. The van der Waals surface area contributed by atoms with Gasteiger partial charge in [0.15, 0.2) is 6.23 Å². The van der Waals surface area contributed by atoms with Crippen LogP contribution in [0.15, 0.2) is 60.7 Å². The standard InChI is InChI=1S/C16H15NO3/c18-14-11-20-16(19)17(14)15(12-7-3-1-4-8-12)13-9-5-2-6-10-13/h1-10,14-15,18H,11H2/t14-/m0/s1. The van der Waals surface area contributed by atoms with Crippen molar-refractivity contribution < 1.29 is 14.6 Å². The van der Waals surface area contributed by atoms with E-state index in [9.17, 15) is 9.90 Å². The third-order valence-electron chi connectivity index (χ3n) is 3.40. The number of cyclic esters (lactones) is 1. The minimum atomic E-state index is -0.923. The summed E-state index contributed by atoms with van der Waals surface area (Å²) >= 11 is 0. The molecule has 0 saturated carbocycles. The van der Waals surface area contributed by atoms with E-state index in [2.05, 4.69) is 0 Å². The molecule has 0 aliphatic carbocycles. The molecule has 0 spiro atoms. The number of nitrogens with zero attached hydrogens (tertiary/aromatic N) is 1. The van der Waals surface area contributed by atoms with Crippen LogP contribution in [-0.4, -0.2) is 28.9 Å².